The van der Waals surface area contributed by atoms with Crippen molar-refractivity contribution in [2.24, 2.45) is 0 Å². The topological polar surface area (TPSA) is 73.2 Å². The fraction of sp³-hybridized carbons (Fsp3) is 0.308. The zero-order valence-corrected chi connectivity index (χ0v) is 10.5. The number of esters is 1. The SMILES string of the molecule is COC(=O)c1cccc2nc3n(c(=O)c12)CCNC3. The van der Waals surface area contributed by atoms with Gasteiger partial charge in [0, 0.05) is 13.1 Å². The lowest BCUT2D eigenvalue weighted by atomic mass is 10.1. The standard InChI is InChI=1S/C13H13N3O3/c1-19-13(18)8-3-2-4-9-11(8)12(17)16-6-5-14-7-10(16)15-9/h2-4,14H,5-7H2,1H3. The maximum absolute atomic E-state index is 12.5. The van der Waals surface area contributed by atoms with Crippen LogP contribution in [-0.4, -0.2) is 29.2 Å². The summed E-state index contributed by atoms with van der Waals surface area (Å²) in [6.07, 6.45) is 0. The molecule has 2 heterocycles. The van der Waals surface area contributed by atoms with Crippen molar-refractivity contribution in [1.29, 1.82) is 0 Å². The highest BCUT2D eigenvalue weighted by atomic mass is 16.5. The van der Waals surface area contributed by atoms with Gasteiger partial charge in [-0.3, -0.25) is 9.36 Å². The average molecular weight is 259 g/mol. The van der Waals surface area contributed by atoms with Crippen LogP contribution in [-0.2, 0) is 17.8 Å². The van der Waals surface area contributed by atoms with Gasteiger partial charge in [-0.05, 0) is 12.1 Å². The summed E-state index contributed by atoms with van der Waals surface area (Å²) in [6.45, 7) is 1.85. The number of fused-ring (bicyclic) bond motifs is 2. The Balaban J connectivity index is 2.37. The van der Waals surface area contributed by atoms with E-state index in [9.17, 15) is 9.59 Å². The number of aromatic nitrogens is 2. The van der Waals surface area contributed by atoms with Gasteiger partial charge in [-0.25, -0.2) is 9.78 Å². The number of carbonyl (C=O) groups is 1. The minimum absolute atomic E-state index is 0.178. The molecule has 1 aromatic carbocycles. The molecule has 6 heteroatoms. The number of carbonyl (C=O) groups excluding carboxylic acids is 1. The molecule has 0 unspecified atom stereocenters. The molecule has 19 heavy (non-hydrogen) atoms. The summed E-state index contributed by atoms with van der Waals surface area (Å²) in [6, 6.07) is 5.03. The smallest absolute Gasteiger partial charge is 0.338 e. The van der Waals surface area contributed by atoms with Crippen LogP contribution in [0.2, 0.25) is 0 Å². The van der Waals surface area contributed by atoms with E-state index in [-0.39, 0.29) is 11.1 Å². The lowest BCUT2D eigenvalue weighted by molar-refractivity contribution is 0.0603. The number of benzene rings is 1. The first kappa shape index (κ1) is 11.9. The van der Waals surface area contributed by atoms with Gasteiger partial charge in [0.1, 0.15) is 5.82 Å². The molecule has 6 nitrogen and oxygen atoms in total. The minimum Gasteiger partial charge on any atom is -0.465 e. The summed E-state index contributed by atoms with van der Waals surface area (Å²) in [5.41, 5.74) is 0.622. The molecule has 1 aromatic heterocycles. The van der Waals surface area contributed by atoms with Crippen molar-refractivity contribution in [3.05, 3.63) is 39.9 Å². The number of hydrogen-bond donors (Lipinski definition) is 1. The van der Waals surface area contributed by atoms with E-state index in [0.717, 1.165) is 6.54 Å². The molecule has 0 saturated heterocycles. The van der Waals surface area contributed by atoms with Crippen LogP contribution in [0.25, 0.3) is 10.9 Å². The van der Waals surface area contributed by atoms with E-state index in [2.05, 4.69) is 10.3 Å². The average Bonchev–Trinajstić information content (AvgIpc) is 2.46. The van der Waals surface area contributed by atoms with Crippen molar-refractivity contribution in [1.82, 2.24) is 14.9 Å². The molecule has 0 spiro atoms. The molecule has 0 saturated carbocycles. The zero-order chi connectivity index (χ0) is 13.4. The van der Waals surface area contributed by atoms with Crippen molar-refractivity contribution < 1.29 is 9.53 Å². The molecule has 0 amide bonds. The first-order valence-corrected chi connectivity index (χ1v) is 6.04. The van der Waals surface area contributed by atoms with Gasteiger partial charge in [-0.15, -0.1) is 0 Å². The Bertz CT molecular complexity index is 721. The highest BCUT2D eigenvalue weighted by Gasteiger charge is 2.19. The number of nitrogens with one attached hydrogen (secondary N) is 1. The fourth-order valence-corrected chi connectivity index (χ4v) is 2.35. The van der Waals surface area contributed by atoms with Gasteiger partial charge >= 0.3 is 5.97 Å². The van der Waals surface area contributed by atoms with Gasteiger partial charge in [0.05, 0.1) is 30.1 Å². The van der Waals surface area contributed by atoms with Crippen molar-refractivity contribution in [3.8, 4) is 0 Å². The molecule has 1 aliphatic rings. The maximum Gasteiger partial charge on any atom is 0.338 e. The normalized spacial score (nSPS) is 14.2. The van der Waals surface area contributed by atoms with E-state index >= 15 is 0 Å². The quantitative estimate of drug-likeness (QED) is 0.745. The van der Waals surface area contributed by atoms with Crippen LogP contribution in [0.3, 0.4) is 0 Å². The van der Waals surface area contributed by atoms with Gasteiger partial charge in [0.15, 0.2) is 0 Å². The van der Waals surface area contributed by atoms with Gasteiger partial charge in [0.25, 0.3) is 5.56 Å². The Morgan fingerprint density at radius 3 is 3.11 bits per heavy atom. The van der Waals surface area contributed by atoms with E-state index < -0.39 is 5.97 Å². The predicted molar refractivity (Wildman–Crippen MR) is 69.0 cm³/mol. The van der Waals surface area contributed by atoms with Crippen molar-refractivity contribution in [2.75, 3.05) is 13.7 Å². The highest BCUT2D eigenvalue weighted by molar-refractivity contribution is 6.03. The Morgan fingerprint density at radius 2 is 2.32 bits per heavy atom. The molecule has 0 fully saturated rings. The molecule has 0 radical (unpaired) electrons. The number of methoxy groups -OCH3 is 1. The first-order chi connectivity index (χ1) is 9.22. The van der Waals surface area contributed by atoms with Gasteiger partial charge in [-0.1, -0.05) is 6.07 Å². The van der Waals surface area contributed by atoms with E-state index in [1.54, 1.807) is 22.8 Å². The summed E-state index contributed by atoms with van der Waals surface area (Å²) in [5, 5.41) is 3.50. The molecule has 98 valence electrons. The molecule has 0 bridgehead atoms. The van der Waals surface area contributed by atoms with Crippen LogP contribution in [0.1, 0.15) is 16.2 Å². The largest absolute Gasteiger partial charge is 0.465 e. The fourth-order valence-electron chi connectivity index (χ4n) is 2.35. The molecule has 2 aromatic rings. The number of nitrogens with zero attached hydrogens (tertiary/aromatic N) is 2. The Hall–Kier alpha value is -2.21. The van der Waals surface area contributed by atoms with E-state index in [4.69, 9.17) is 4.74 Å². The molecular weight excluding hydrogens is 246 g/mol. The third kappa shape index (κ3) is 1.80. The van der Waals surface area contributed by atoms with E-state index in [1.165, 1.54) is 7.11 Å². The summed E-state index contributed by atoms with van der Waals surface area (Å²) in [4.78, 5) is 28.7. The molecule has 1 N–H and O–H groups in total. The second-order valence-electron chi connectivity index (χ2n) is 4.35. The third-order valence-electron chi connectivity index (χ3n) is 3.26. The van der Waals surface area contributed by atoms with Crippen molar-refractivity contribution in [3.63, 3.8) is 0 Å². The lowest BCUT2D eigenvalue weighted by Gasteiger charge is -2.19. The predicted octanol–water partition coefficient (Wildman–Crippen LogP) is 0.286. The molecule has 1 aliphatic heterocycles. The molecule has 0 atom stereocenters. The number of hydrogen-bond acceptors (Lipinski definition) is 5. The van der Waals surface area contributed by atoms with Crippen LogP contribution in [0.15, 0.2) is 23.0 Å². The van der Waals surface area contributed by atoms with Crippen molar-refractivity contribution in [2.45, 2.75) is 13.1 Å². The third-order valence-corrected chi connectivity index (χ3v) is 3.26. The second-order valence-corrected chi connectivity index (χ2v) is 4.35. The molecule has 0 aliphatic carbocycles. The van der Waals surface area contributed by atoms with Crippen LogP contribution in [0, 0.1) is 0 Å². The summed E-state index contributed by atoms with van der Waals surface area (Å²) in [7, 11) is 1.30. The second kappa shape index (κ2) is 4.47. The van der Waals surface area contributed by atoms with Crippen LogP contribution >= 0.6 is 0 Å². The highest BCUT2D eigenvalue weighted by Crippen LogP contribution is 2.15. The minimum atomic E-state index is -0.515. The van der Waals surface area contributed by atoms with Crippen LogP contribution < -0.4 is 10.9 Å². The Kier molecular flexibility index (Phi) is 2.79. The maximum atomic E-state index is 12.5. The van der Waals surface area contributed by atoms with E-state index in [0.29, 0.717) is 29.8 Å². The van der Waals surface area contributed by atoms with E-state index in [1.807, 2.05) is 0 Å². The Morgan fingerprint density at radius 1 is 1.47 bits per heavy atom. The van der Waals surface area contributed by atoms with Gasteiger partial charge < -0.3 is 10.1 Å². The number of rotatable bonds is 1. The Labute approximate surface area is 109 Å². The zero-order valence-electron chi connectivity index (χ0n) is 10.5. The molecular formula is C13H13N3O3. The van der Waals surface area contributed by atoms with Crippen LogP contribution in [0.4, 0.5) is 0 Å². The van der Waals surface area contributed by atoms with Gasteiger partial charge in [0.2, 0.25) is 0 Å². The van der Waals surface area contributed by atoms with Crippen molar-refractivity contribution >= 4 is 16.9 Å². The van der Waals surface area contributed by atoms with Gasteiger partial charge in [-0.2, -0.15) is 0 Å². The monoisotopic (exact) mass is 259 g/mol. The lowest BCUT2D eigenvalue weighted by Crippen LogP contribution is -2.37. The number of ether oxygens (including phenoxy) is 1. The summed E-state index contributed by atoms with van der Waals surface area (Å²) >= 11 is 0. The summed E-state index contributed by atoms with van der Waals surface area (Å²) < 4.78 is 6.33. The molecule has 3 rings (SSSR count). The van der Waals surface area contributed by atoms with Crippen LogP contribution in [0.5, 0.6) is 0 Å². The first-order valence-electron chi connectivity index (χ1n) is 6.04. The summed E-state index contributed by atoms with van der Waals surface area (Å²) in [5.74, 6) is 0.185.